The van der Waals surface area contributed by atoms with Crippen LogP contribution in [-0.2, 0) is 13.1 Å². The van der Waals surface area contributed by atoms with Gasteiger partial charge in [0.2, 0.25) is 0 Å². The molecule has 0 fully saturated rings. The van der Waals surface area contributed by atoms with Crippen LogP contribution in [0.15, 0.2) is 47.4 Å². The van der Waals surface area contributed by atoms with E-state index in [-0.39, 0.29) is 24.0 Å². The lowest BCUT2D eigenvalue weighted by molar-refractivity contribution is -0.207. The number of halogens is 5. The lowest BCUT2D eigenvalue weighted by Crippen LogP contribution is -2.37. The summed E-state index contributed by atoms with van der Waals surface area (Å²) in [4.78, 5) is 21.4. The van der Waals surface area contributed by atoms with Gasteiger partial charge in [0.1, 0.15) is 12.6 Å². The molecule has 2 atom stereocenters. The van der Waals surface area contributed by atoms with Crippen molar-refractivity contribution in [3.8, 4) is 17.2 Å². The second-order valence-corrected chi connectivity index (χ2v) is 8.62. The van der Waals surface area contributed by atoms with E-state index < -0.39 is 30.6 Å². The van der Waals surface area contributed by atoms with Crippen LogP contribution >= 0.6 is 23.2 Å². The van der Waals surface area contributed by atoms with E-state index in [9.17, 15) is 28.2 Å². The molecule has 4 aromatic rings. The quantitative estimate of drug-likeness (QED) is 0.367. The van der Waals surface area contributed by atoms with Crippen molar-refractivity contribution in [3.05, 3.63) is 74.8 Å². The monoisotopic (exact) mass is 543 g/mol. The summed E-state index contributed by atoms with van der Waals surface area (Å²) in [6.45, 7) is 0.0445. The number of benzene rings is 1. The maximum atomic E-state index is 13.1. The zero-order chi connectivity index (χ0) is 26.2. The fourth-order valence-corrected chi connectivity index (χ4v) is 3.54. The van der Waals surface area contributed by atoms with Gasteiger partial charge in [0.05, 0.1) is 11.6 Å². The predicted molar refractivity (Wildman–Crippen MR) is 123 cm³/mol. The van der Waals surface area contributed by atoms with Crippen LogP contribution in [0.1, 0.15) is 24.7 Å². The molecule has 3 aromatic heterocycles. The number of rotatable bonds is 7. The van der Waals surface area contributed by atoms with Gasteiger partial charge in [-0.3, -0.25) is 4.57 Å². The average Bonchev–Trinajstić information content (AvgIpc) is 3.37. The molecule has 0 bridgehead atoms. The van der Waals surface area contributed by atoms with Crippen LogP contribution in [0, 0.1) is 0 Å². The summed E-state index contributed by atoms with van der Waals surface area (Å²) >= 11 is 11.8. The molecule has 3 heterocycles. The topological polar surface area (TPSA) is 124 Å². The van der Waals surface area contributed by atoms with Gasteiger partial charge in [0, 0.05) is 16.8 Å². The van der Waals surface area contributed by atoms with Crippen LogP contribution in [-0.4, -0.2) is 56.6 Å². The first-order chi connectivity index (χ1) is 16.9. The highest BCUT2D eigenvalue weighted by atomic mass is 35.5. The summed E-state index contributed by atoms with van der Waals surface area (Å²) in [6.07, 6.45) is -7.43. The standard InChI is InChI=1S/C21H18Cl2F3N7O3/c1-11(34)18-28-16(29-33(18)17-7-6-14(23)8-27-17)10-32-20(36)31(9-15(35)21(24,25)26)19(30-32)12-2-4-13(22)5-3-12/h2-8,11,15,34-35H,9-10H2,1H3/t11-,15-/m0/s1. The molecular weight excluding hydrogens is 526 g/mol. The minimum atomic E-state index is -4.95. The van der Waals surface area contributed by atoms with Crippen LogP contribution in [0.5, 0.6) is 0 Å². The Morgan fingerprint density at radius 2 is 1.69 bits per heavy atom. The molecule has 0 spiro atoms. The maximum absolute atomic E-state index is 13.1. The van der Waals surface area contributed by atoms with Gasteiger partial charge >= 0.3 is 11.9 Å². The van der Waals surface area contributed by atoms with E-state index >= 15 is 0 Å². The Morgan fingerprint density at radius 1 is 1.03 bits per heavy atom. The molecule has 2 N–H and O–H groups in total. The molecule has 0 aliphatic carbocycles. The fourth-order valence-electron chi connectivity index (χ4n) is 3.30. The lowest BCUT2D eigenvalue weighted by Gasteiger charge is -2.15. The molecule has 0 aliphatic heterocycles. The van der Waals surface area contributed by atoms with Gasteiger partial charge in [-0.15, -0.1) is 10.2 Å². The van der Waals surface area contributed by atoms with Crippen molar-refractivity contribution in [2.24, 2.45) is 0 Å². The van der Waals surface area contributed by atoms with Crippen molar-refractivity contribution in [1.29, 1.82) is 0 Å². The van der Waals surface area contributed by atoms with Crippen LogP contribution in [0.2, 0.25) is 10.0 Å². The van der Waals surface area contributed by atoms with E-state index in [1.54, 1.807) is 12.1 Å². The molecule has 190 valence electrons. The van der Waals surface area contributed by atoms with Gasteiger partial charge in [0.25, 0.3) is 0 Å². The molecule has 0 unspecified atom stereocenters. The number of aliphatic hydroxyl groups excluding tert-OH is 2. The van der Waals surface area contributed by atoms with Gasteiger partial charge in [0.15, 0.2) is 29.4 Å². The summed E-state index contributed by atoms with van der Waals surface area (Å²) in [5.41, 5.74) is -0.624. The molecule has 15 heteroatoms. The van der Waals surface area contributed by atoms with Gasteiger partial charge in [-0.1, -0.05) is 23.2 Å². The van der Waals surface area contributed by atoms with Crippen LogP contribution in [0.4, 0.5) is 13.2 Å². The smallest absolute Gasteiger partial charge is 0.385 e. The van der Waals surface area contributed by atoms with Crippen LogP contribution in [0.3, 0.4) is 0 Å². The summed E-state index contributed by atoms with van der Waals surface area (Å²) in [5.74, 6) is 0.322. The second-order valence-electron chi connectivity index (χ2n) is 7.75. The molecule has 0 aliphatic rings. The minimum Gasteiger partial charge on any atom is -0.385 e. The molecule has 0 saturated heterocycles. The normalized spacial score (nSPS) is 13.7. The Hall–Kier alpha value is -3.26. The van der Waals surface area contributed by atoms with Gasteiger partial charge < -0.3 is 10.2 Å². The molecule has 10 nitrogen and oxygen atoms in total. The zero-order valence-corrected chi connectivity index (χ0v) is 19.9. The summed E-state index contributed by atoms with van der Waals surface area (Å²) in [6, 6.07) is 9.05. The number of nitrogens with zero attached hydrogens (tertiary/aromatic N) is 7. The first kappa shape index (κ1) is 25.8. The number of hydrogen-bond donors (Lipinski definition) is 2. The Bertz CT molecular complexity index is 1410. The summed E-state index contributed by atoms with van der Waals surface area (Å²) < 4.78 is 42.0. The van der Waals surface area contributed by atoms with E-state index in [4.69, 9.17) is 23.2 Å². The molecule has 1 aromatic carbocycles. The number of aliphatic hydroxyl groups is 2. The Morgan fingerprint density at radius 3 is 2.28 bits per heavy atom. The SMILES string of the molecule is C[C@H](O)c1nc(Cn2nc(-c3ccc(Cl)cc3)n(C[C@H](O)C(F)(F)F)c2=O)nn1-c1ccc(Cl)cn1. The minimum absolute atomic E-state index is 0.0356. The predicted octanol–water partition coefficient (Wildman–Crippen LogP) is 3.02. The highest BCUT2D eigenvalue weighted by molar-refractivity contribution is 6.30. The molecule has 4 rings (SSSR count). The first-order valence-electron chi connectivity index (χ1n) is 10.4. The third-order valence-electron chi connectivity index (χ3n) is 5.03. The van der Waals surface area contributed by atoms with Crippen molar-refractivity contribution in [2.45, 2.75) is 38.4 Å². The number of alkyl halides is 3. The molecule has 0 saturated carbocycles. The largest absolute Gasteiger partial charge is 0.416 e. The third-order valence-corrected chi connectivity index (χ3v) is 5.50. The summed E-state index contributed by atoms with van der Waals surface area (Å²) in [7, 11) is 0. The van der Waals surface area contributed by atoms with Crippen molar-refractivity contribution in [2.75, 3.05) is 0 Å². The Balaban J connectivity index is 1.76. The Labute approximate surface area is 211 Å². The van der Waals surface area contributed by atoms with Crippen LogP contribution in [0.25, 0.3) is 17.2 Å². The van der Waals surface area contributed by atoms with Gasteiger partial charge in [-0.05, 0) is 43.3 Å². The number of pyridine rings is 1. The molecule has 36 heavy (non-hydrogen) atoms. The van der Waals surface area contributed by atoms with Crippen molar-refractivity contribution < 1.29 is 23.4 Å². The lowest BCUT2D eigenvalue weighted by atomic mass is 10.2. The maximum Gasteiger partial charge on any atom is 0.416 e. The van der Waals surface area contributed by atoms with Crippen molar-refractivity contribution >= 4 is 23.2 Å². The first-order valence-corrected chi connectivity index (χ1v) is 11.1. The molecule has 0 radical (unpaired) electrons. The Kier molecular flexibility index (Phi) is 7.18. The summed E-state index contributed by atoms with van der Waals surface area (Å²) in [5, 5.41) is 28.9. The van der Waals surface area contributed by atoms with Gasteiger partial charge in [-0.25, -0.2) is 19.4 Å². The van der Waals surface area contributed by atoms with Gasteiger partial charge in [-0.2, -0.15) is 17.9 Å². The number of aromatic nitrogens is 7. The third kappa shape index (κ3) is 5.43. The van der Waals surface area contributed by atoms with Crippen molar-refractivity contribution in [1.82, 2.24) is 34.1 Å². The second kappa shape index (κ2) is 10.0. The average molecular weight is 544 g/mol. The highest BCUT2D eigenvalue weighted by Gasteiger charge is 2.39. The van der Waals surface area contributed by atoms with E-state index in [0.717, 1.165) is 4.68 Å². The number of hydrogen-bond acceptors (Lipinski definition) is 7. The highest BCUT2D eigenvalue weighted by Crippen LogP contribution is 2.24. The molecule has 0 amide bonds. The van der Waals surface area contributed by atoms with E-state index in [0.29, 0.717) is 26.0 Å². The van der Waals surface area contributed by atoms with E-state index in [1.807, 2.05) is 0 Å². The van der Waals surface area contributed by atoms with Crippen LogP contribution < -0.4 is 5.69 Å². The van der Waals surface area contributed by atoms with Crippen molar-refractivity contribution in [3.63, 3.8) is 0 Å². The zero-order valence-electron chi connectivity index (χ0n) is 18.4. The van der Waals surface area contributed by atoms with E-state index in [2.05, 4.69) is 20.2 Å². The fraction of sp³-hybridized carbons (Fsp3) is 0.286. The van der Waals surface area contributed by atoms with E-state index in [1.165, 1.54) is 42.1 Å². The molecular formula is C21H18Cl2F3N7O3.